The quantitative estimate of drug-likeness (QED) is 0.510. The van der Waals surface area contributed by atoms with E-state index in [9.17, 15) is 17.8 Å². The predicted octanol–water partition coefficient (Wildman–Crippen LogP) is 2.13. The lowest BCUT2D eigenvalue weighted by molar-refractivity contribution is 0.483. The first-order valence-electron chi connectivity index (χ1n) is 6.44. The van der Waals surface area contributed by atoms with Gasteiger partial charge in [0.05, 0.1) is 5.69 Å². The number of nitrogen functional groups attached to an aromatic ring is 1. The van der Waals surface area contributed by atoms with Crippen LogP contribution in [0.3, 0.4) is 0 Å². The standard InChI is InChI=1S/C14H17NO5S/c1-7(2)4-10-8(3)9-5-13(21(17,18)19)11(15)6-12(9)20-14(10)16/h5-7H,4,15H2,1-3H3,(H,17,18,19). The highest BCUT2D eigenvalue weighted by molar-refractivity contribution is 7.86. The van der Waals surface area contributed by atoms with Crippen molar-refractivity contribution >= 4 is 26.8 Å². The molecule has 0 spiro atoms. The molecular weight excluding hydrogens is 294 g/mol. The monoisotopic (exact) mass is 311 g/mol. The molecule has 0 radical (unpaired) electrons. The molecule has 0 saturated carbocycles. The summed E-state index contributed by atoms with van der Waals surface area (Å²) in [6.45, 7) is 5.66. The number of hydrogen-bond acceptors (Lipinski definition) is 5. The predicted molar refractivity (Wildman–Crippen MR) is 80.0 cm³/mol. The summed E-state index contributed by atoms with van der Waals surface area (Å²) in [6, 6.07) is 2.48. The van der Waals surface area contributed by atoms with Gasteiger partial charge in [0, 0.05) is 17.0 Å². The third-order valence-electron chi connectivity index (χ3n) is 3.31. The molecule has 1 aromatic heterocycles. The van der Waals surface area contributed by atoms with E-state index in [-0.39, 0.29) is 22.1 Å². The maximum absolute atomic E-state index is 12.0. The normalized spacial score (nSPS) is 12.2. The van der Waals surface area contributed by atoms with Crippen LogP contribution < -0.4 is 11.4 Å². The highest BCUT2D eigenvalue weighted by Gasteiger charge is 2.19. The second kappa shape index (κ2) is 5.16. The van der Waals surface area contributed by atoms with E-state index in [2.05, 4.69) is 0 Å². The number of aryl methyl sites for hydroxylation is 1. The van der Waals surface area contributed by atoms with Gasteiger partial charge in [0.1, 0.15) is 10.5 Å². The van der Waals surface area contributed by atoms with Crippen molar-refractivity contribution in [1.82, 2.24) is 0 Å². The number of hydrogen-bond donors (Lipinski definition) is 2. The zero-order valence-corrected chi connectivity index (χ0v) is 12.8. The molecule has 1 aromatic carbocycles. The van der Waals surface area contributed by atoms with Gasteiger partial charge in [0.25, 0.3) is 10.1 Å². The van der Waals surface area contributed by atoms with Crippen molar-refractivity contribution in [3.8, 4) is 0 Å². The van der Waals surface area contributed by atoms with Crippen molar-refractivity contribution in [1.29, 1.82) is 0 Å². The summed E-state index contributed by atoms with van der Waals surface area (Å²) in [7, 11) is -4.43. The Morgan fingerprint density at radius 1 is 1.33 bits per heavy atom. The Labute approximate surface area is 122 Å². The molecule has 7 heteroatoms. The van der Waals surface area contributed by atoms with E-state index >= 15 is 0 Å². The van der Waals surface area contributed by atoms with Crippen LogP contribution in [0.5, 0.6) is 0 Å². The summed E-state index contributed by atoms with van der Waals surface area (Å²) in [6.07, 6.45) is 0.524. The Bertz CT molecular complexity index is 865. The van der Waals surface area contributed by atoms with Crippen LogP contribution in [0.15, 0.2) is 26.2 Å². The van der Waals surface area contributed by atoms with Crippen LogP contribution in [-0.4, -0.2) is 13.0 Å². The van der Waals surface area contributed by atoms with E-state index in [4.69, 9.17) is 10.2 Å². The summed E-state index contributed by atoms with van der Waals surface area (Å²) in [5, 5.41) is 0.451. The van der Waals surface area contributed by atoms with Crippen molar-refractivity contribution in [3.63, 3.8) is 0 Å². The van der Waals surface area contributed by atoms with Crippen LogP contribution in [0, 0.1) is 12.8 Å². The van der Waals surface area contributed by atoms with Gasteiger partial charge in [0.15, 0.2) is 0 Å². The maximum Gasteiger partial charge on any atom is 0.339 e. The Morgan fingerprint density at radius 2 is 1.95 bits per heavy atom. The van der Waals surface area contributed by atoms with Gasteiger partial charge in [-0.2, -0.15) is 8.42 Å². The van der Waals surface area contributed by atoms with Crippen molar-refractivity contribution in [2.24, 2.45) is 5.92 Å². The number of anilines is 1. The molecule has 114 valence electrons. The minimum Gasteiger partial charge on any atom is -0.422 e. The van der Waals surface area contributed by atoms with Crippen LogP contribution in [0.1, 0.15) is 25.0 Å². The smallest absolute Gasteiger partial charge is 0.339 e. The first-order valence-corrected chi connectivity index (χ1v) is 7.88. The van der Waals surface area contributed by atoms with Crippen LogP contribution in [0.2, 0.25) is 0 Å². The molecule has 1 heterocycles. The van der Waals surface area contributed by atoms with E-state index in [0.29, 0.717) is 22.9 Å². The fourth-order valence-electron chi connectivity index (χ4n) is 2.30. The first-order chi connectivity index (χ1) is 9.61. The molecule has 0 bridgehead atoms. The van der Waals surface area contributed by atoms with Crippen LogP contribution in [0.25, 0.3) is 11.0 Å². The minimum absolute atomic E-state index is 0.163. The van der Waals surface area contributed by atoms with Crippen molar-refractivity contribution in [2.75, 3.05) is 5.73 Å². The lowest BCUT2D eigenvalue weighted by Crippen LogP contribution is -2.13. The van der Waals surface area contributed by atoms with E-state index in [1.807, 2.05) is 13.8 Å². The molecule has 0 aliphatic carbocycles. The summed E-state index contributed by atoms with van der Waals surface area (Å²) in [4.78, 5) is 11.6. The fraction of sp³-hybridized carbons (Fsp3) is 0.357. The summed E-state index contributed by atoms with van der Waals surface area (Å²) in [5.74, 6) is 0.249. The topological polar surface area (TPSA) is 111 Å². The molecular formula is C14H17NO5S. The average molecular weight is 311 g/mol. The second-order valence-corrected chi connectivity index (χ2v) is 6.84. The highest BCUT2D eigenvalue weighted by Crippen LogP contribution is 2.28. The average Bonchev–Trinajstić information content (AvgIpc) is 2.32. The number of rotatable bonds is 3. The molecule has 0 aliphatic rings. The van der Waals surface area contributed by atoms with Crippen LogP contribution >= 0.6 is 0 Å². The van der Waals surface area contributed by atoms with Crippen molar-refractivity contribution in [2.45, 2.75) is 32.1 Å². The molecule has 0 amide bonds. The lowest BCUT2D eigenvalue weighted by atomic mass is 9.98. The summed E-state index contributed by atoms with van der Waals surface area (Å²) in [5.41, 5.74) is 6.32. The Hall–Kier alpha value is -1.86. The van der Waals surface area contributed by atoms with E-state index in [1.165, 1.54) is 12.1 Å². The third-order valence-corrected chi connectivity index (χ3v) is 4.22. The summed E-state index contributed by atoms with van der Waals surface area (Å²) < 4.78 is 37.0. The van der Waals surface area contributed by atoms with Gasteiger partial charge in [-0.3, -0.25) is 4.55 Å². The molecule has 21 heavy (non-hydrogen) atoms. The molecule has 0 aliphatic heterocycles. The lowest BCUT2D eigenvalue weighted by Gasteiger charge is -2.11. The number of nitrogens with two attached hydrogens (primary N) is 1. The minimum atomic E-state index is -4.43. The maximum atomic E-state index is 12.0. The number of fused-ring (bicyclic) bond motifs is 1. The van der Waals surface area contributed by atoms with E-state index in [0.717, 1.165) is 0 Å². The highest BCUT2D eigenvalue weighted by atomic mass is 32.2. The summed E-state index contributed by atoms with van der Waals surface area (Å²) >= 11 is 0. The second-order valence-electron chi connectivity index (χ2n) is 5.45. The Morgan fingerprint density at radius 3 is 2.48 bits per heavy atom. The largest absolute Gasteiger partial charge is 0.422 e. The Balaban J connectivity index is 2.85. The van der Waals surface area contributed by atoms with E-state index < -0.39 is 15.7 Å². The van der Waals surface area contributed by atoms with Crippen LogP contribution in [-0.2, 0) is 16.5 Å². The Kier molecular flexibility index (Phi) is 3.81. The number of benzene rings is 1. The fourth-order valence-corrected chi connectivity index (χ4v) is 2.92. The van der Waals surface area contributed by atoms with Crippen molar-refractivity contribution < 1.29 is 17.4 Å². The van der Waals surface area contributed by atoms with Gasteiger partial charge in [-0.25, -0.2) is 4.79 Å². The van der Waals surface area contributed by atoms with Gasteiger partial charge in [-0.05, 0) is 30.9 Å². The van der Waals surface area contributed by atoms with Crippen LogP contribution in [0.4, 0.5) is 5.69 Å². The zero-order valence-electron chi connectivity index (χ0n) is 12.0. The molecule has 0 unspecified atom stereocenters. The van der Waals surface area contributed by atoms with Gasteiger partial charge in [-0.15, -0.1) is 0 Å². The molecule has 6 nitrogen and oxygen atoms in total. The zero-order chi connectivity index (χ0) is 15.9. The molecule has 0 atom stereocenters. The molecule has 3 N–H and O–H groups in total. The molecule has 0 fully saturated rings. The molecule has 2 rings (SSSR count). The van der Waals surface area contributed by atoms with Gasteiger partial charge in [-0.1, -0.05) is 13.8 Å². The SMILES string of the molecule is Cc1c(CC(C)C)c(=O)oc2cc(N)c(S(=O)(=O)O)cc12. The van der Waals surface area contributed by atoms with E-state index in [1.54, 1.807) is 6.92 Å². The molecule has 0 saturated heterocycles. The third kappa shape index (κ3) is 2.93. The molecule has 2 aromatic rings. The van der Waals surface area contributed by atoms with Gasteiger partial charge >= 0.3 is 5.63 Å². The van der Waals surface area contributed by atoms with Crippen molar-refractivity contribution in [3.05, 3.63) is 33.7 Å². The first kappa shape index (κ1) is 15.5. The van der Waals surface area contributed by atoms with Gasteiger partial charge in [0.2, 0.25) is 0 Å². The van der Waals surface area contributed by atoms with Gasteiger partial charge < -0.3 is 10.2 Å².